The molecule has 0 saturated carbocycles. The predicted octanol–water partition coefficient (Wildman–Crippen LogP) is 15.7. The average molecular weight is 943 g/mol. The minimum absolute atomic E-state index is 0.422. The van der Waals surface area contributed by atoms with Crippen LogP contribution in [0.25, 0.3) is 123 Å². The van der Waals surface area contributed by atoms with Crippen LogP contribution in [0.2, 0.25) is 0 Å². The molecule has 0 N–H and O–H groups in total. The summed E-state index contributed by atoms with van der Waals surface area (Å²) >= 11 is 0. The molecule has 0 saturated heterocycles. The fourth-order valence-corrected chi connectivity index (χ4v) is 10.5. The monoisotopic (exact) mass is 942 g/mol. The number of rotatable bonds is 8. The van der Waals surface area contributed by atoms with Crippen LogP contribution in [-0.2, 0) is 0 Å². The van der Waals surface area contributed by atoms with Crippen LogP contribution >= 0.6 is 0 Å². The summed E-state index contributed by atoms with van der Waals surface area (Å²) in [5.41, 5.74) is 14.8. The van der Waals surface area contributed by atoms with E-state index in [4.69, 9.17) is 15.0 Å². The highest BCUT2D eigenvalue weighted by Gasteiger charge is 2.24. The van der Waals surface area contributed by atoms with Gasteiger partial charge in [0, 0.05) is 38.2 Å². The van der Waals surface area contributed by atoms with Gasteiger partial charge in [0.15, 0.2) is 17.5 Å². The van der Waals surface area contributed by atoms with Crippen LogP contribution in [0.5, 0.6) is 0 Å². The van der Waals surface area contributed by atoms with E-state index in [1.807, 2.05) is 91.0 Å². The minimum atomic E-state index is 0.422. The molecule has 342 valence electrons. The lowest BCUT2D eigenvalue weighted by molar-refractivity contribution is 1.06. The van der Waals surface area contributed by atoms with Gasteiger partial charge in [-0.05, 0) is 118 Å². The van der Waals surface area contributed by atoms with Crippen LogP contribution in [0, 0.1) is 34.0 Å². The predicted molar refractivity (Wildman–Crippen MR) is 295 cm³/mol. The van der Waals surface area contributed by atoms with E-state index in [1.54, 1.807) is 6.07 Å². The first-order chi connectivity index (χ1) is 36.5. The smallest absolute Gasteiger partial charge is 0.166 e. The van der Waals surface area contributed by atoms with Gasteiger partial charge in [-0.3, -0.25) is 0 Å². The van der Waals surface area contributed by atoms with Crippen molar-refractivity contribution in [1.29, 1.82) is 15.8 Å². The van der Waals surface area contributed by atoms with Crippen molar-refractivity contribution < 1.29 is 0 Å². The van der Waals surface area contributed by atoms with Gasteiger partial charge in [0.25, 0.3) is 0 Å². The van der Waals surface area contributed by atoms with E-state index in [0.717, 1.165) is 105 Å². The van der Waals surface area contributed by atoms with Crippen molar-refractivity contribution in [2.24, 2.45) is 0 Å². The Labute approximate surface area is 425 Å². The van der Waals surface area contributed by atoms with Gasteiger partial charge in [-0.15, -0.1) is 0 Å². The Morgan fingerprint density at radius 3 is 1.00 bits per heavy atom. The molecule has 13 aromatic rings. The molecule has 3 heterocycles. The maximum Gasteiger partial charge on any atom is 0.166 e. The topological polar surface area (TPSA) is 120 Å². The highest BCUT2D eigenvalue weighted by Crippen LogP contribution is 2.42. The van der Waals surface area contributed by atoms with Crippen LogP contribution in [0.3, 0.4) is 0 Å². The van der Waals surface area contributed by atoms with E-state index < -0.39 is 0 Å². The van der Waals surface area contributed by atoms with Gasteiger partial charge in [-0.1, -0.05) is 146 Å². The molecule has 0 bridgehead atoms. The van der Waals surface area contributed by atoms with Crippen molar-refractivity contribution in [2.45, 2.75) is 0 Å². The highest BCUT2D eigenvalue weighted by molar-refractivity contribution is 6.11. The second-order valence-corrected chi connectivity index (χ2v) is 18.1. The Morgan fingerprint density at radius 1 is 0.270 bits per heavy atom. The number of hydrogen-bond acceptors (Lipinski definition) is 6. The molecule has 0 aliphatic rings. The third kappa shape index (κ3) is 7.33. The molecule has 0 unspecified atom stereocenters. The Kier molecular flexibility index (Phi) is 10.5. The molecule has 10 aromatic carbocycles. The van der Waals surface area contributed by atoms with Crippen LogP contribution in [0.1, 0.15) is 16.7 Å². The van der Waals surface area contributed by atoms with Crippen LogP contribution in [-0.4, -0.2) is 24.1 Å². The lowest BCUT2D eigenvalue weighted by Gasteiger charge is -2.19. The molecule has 3 aromatic heterocycles. The van der Waals surface area contributed by atoms with Gasteiger partial charge in [0.2, 0.25) is 0 Å². The Bertz CT molecular complexity index is 4210. The van der Waals surface area contributed by atoms with Gasteiger partial charge in [-0.2, -0.15) is 15.8 Å². The normalized spacial score (nSPS) is 11.2. The zero-order chi connectivity index (χ0) is 49.7. The summed E-state index contributed by atoms with van der Waals surface area (Å²) in [6.07, 6.45) is 0. The summed E-state index contributed by atoms with van der Waals surface area (Å²) in [7, 11) is 0. The van der Waals surface area contributed by atoms with E-state index >= 15 is 0 Å². The van der Waals surface area contributed by atoms with Crippen LogP contribution < -0.4 is 0 Å². The lowest BCUT2D eigenvalue weighted by atomic mass is 9.97. The standard InChI is InChI=1S/C66H38N8/c67-39-42-14-11-17-45(34-42)47-30-32-62(73-58-26-7-3-21-51(58)52-22-4-8-27-59(52)73)56(37-47)65-70-64(55-25-2-1-20-50(55)49-19-13-16-44(36-49)41-69)71-66(72-65)57-38-48(46-18-12-15-43(35-46)40-68)31-33-63(57)74-60-28-9-5-23-53(60)54-24-6-10-29-61(54)74/h1-38H. The number of nitriles is 3. The van der Waals surface area contributed by atoms with Crippen molar-refractivity contribution in [3.8, 4) is 97.1 Å². The summed E-state index contributed by atoms with van der Waals surface area (Å²) < 4.78 is 4.57. The number of benzene rings is 10. The number of hydrogen-bond donors (Lipinski definition) is 0. The van der Waals surface area contributed by atoms with Crippen LogP contribution in [0.15, 0.2) is 231 Å². The summed E-state index contributed by atoms with van der Waals surface area (Å²) in [5, 5.41) is 34.6. The largest absolute Gasteiger partial charge is 0.309 e. The van der Waals surface area contributed by atoms with Gasteiger partial charge in [0.1, 0.15) is 0 Å². The first-order valence-corrected chi connectivity index (χ1v) is 24.2. The zero-order valence-electron chi connectivity index (χ0n) is 39.5. The summed E-state index contributed by atoms with van der Waals surface area (Å²) in [5.74, 6) is 1.27. The summed E-state index contributed by atoms with van der Waals surface area (Å²) in [4.78, 5) is 16.7. The number of nitrogens with zero attached hydrogens (tertiary/aromatic N) is 8. The number of para-hydroxylation sites is 4. The maximum absolute atomic E-state index is 10.0. The van der Waals surface area contributed by atoms with Gasteiger partial charge < -0.3 is 9.13 Å². The van der Waals surface area contributed by atoms with E-state index in [2.05, 4.69) is 161 Å². The zero-order valence-corrected chi connectivity index (χ0v) is 39.5. The van der Waals surface area contributed by atoms with E-state index in [0.29, 0.717) is 34.2 Å². The van der Waals surface area contributed by atoms with Crippen molar-refractivity contribution in [3.05, 3.63) is 247 Å². The van der Waals surface area contributed by atoms with Gasteiger partial charge >= 0.3 is 0 Å². The quantitative estimate of drug-likeness (QED) is 0.150. The molecule has 0 fully saturated rings. The lowest BCUT2D eigenvalue weighted by Crippen LogP contribution is -2.06. The van der Waals surface area contributed by atoms with E-state index in [9.17, 15) is 15.8 Å². The number of fused-ring (bicyclic) bond motifs is 6. The minimum Gasteiger partial charge on any atom is -0.309 e. The van der Waals surface area contributed by atoms with E-state index in [1.165, 1.54) is 0 Å². The van der Waals surface area contributed by atoms with Crippen molar-refractivity contribution in [3.63, 3.8) is 0 Å². The summed E-state index contributed by atoms with van der Waals surface area (Å²) in [6, 6.07) is 84.2. The van der Waals surface area contributed by atoms with Crippen LogP contribution in [0.4, 0.5) is 0 Å². The maximum atomic E-state index is 10.0. The van der Waals surface area contributed by atoms with Gasteiger partial charge in [0.05, 0.1) is 68.3 Å². The molecule has 74 heavy (non-hydrogen) atoms. The first-order valence-electron chi connectivity index (χ1n) is 24.2. The molecule has 8 heteroatoms. The fourth-order valence-electron chi connectivity index (χ4n) is 10.5. The third-order valence-electron chi connectivity index (χ3n) is 13.9. The molecule has 13 rings (SSSR count). The second-order valence-electron chi connectivity index (χ2n) is 18.1. The Morgan fingerprint density at radius 2 is 0.595 bits per heavy atom. The molecule has 0 aliphatic carbocycles. The van der Waals surface area contributed by atoms with Crippen molar-refractivity contribution >= 4 is 43.6 Å². The third-order valence-corrected chi connectivity index (χ3v) is 13.9. The summed E-state index contributed by atoms with van der Waals surface area (Å²) in [6.45, 7) is 0. The molecule has 0 aliphatic heterocycles. The molecule has 0 atom stereocenters. The second kappa shape index (κ2) is 17.9. The first kappa shape index (κ1) is 43.3. The van der Waals surface area contributed by atoms with E-state index in [-0.39, 0.29) is 0 Å². The Hall–Kier alpha value is -10.7. The van der Waals surface area contributed by atoms with Gasteiger partial charge in [-0.25, -0.2) is 15.0 Å². The van der Waals surface area contributed by atoms with Crippen molar-refractivity contribution in [2.75, 3.05) is 0 Å². The SMILES string of the molecule is N#Cc1cccc(-c2ccc(-n3c4ccccc4c4ccccc43)c(-c3nc(-c4ccccc4-c4cccc(C#N)c4)nc(-c4cc(-c5cccc(C#N)c5)ccc4-n4c5ccccc5c5ccccc54)n3)c2)c1. The molecular weight excluding hydrogens is 905 g/mol. The molecular formula is C66H38N8. The highest BCUT2D eigenvalue weighted by atomic mass is 15.1. The molecule has 0 radical (unpaired) electrons. The average Bonchev–Trinajstić information content (AvgIpc) is 3.99. The van der Waals surface area contributed by atoms with Crippen molar-refractivity contribution in [1.82, 2.24) is 24.1 Å². The Balaban J connectivity index is 1.16. The molecule has 0 amide bonds. The number of aromatic nitrogens is 5. The molecule has 8 nitrogen and oxygen atoms in total. The molecule has 0 spiro atoms. The fraction of sp³-hybridized carbons (Fsp3) is 0.